The van der Waals surface area contributed by atoms with Crippen molar-refractivity contribution < 1.29 is 0 Å². The van der Waals surface area contributed by atoms with Crippen LogP contribution in [0.2, 0.25) is 0 Å². The van der Waals surface area contributed by atoms with Crippen LogP contribution in [0.4, 0.5) is 0 Å². The summed E-state index contributed by atoms with van der Waals surface area (Å²) in [5.41, 5.74) is 1.30. The highest BCUT2D eigenvalue weighted by molar-refractivity contribution is 5.85. The smallest absolute Gasteiger partial charge is 0.122 e. The molecule has 94 valence electrons. The summed E-state index contributed by atoms with van der Waals surface area (Å²) in [6.07, 6.45) is 3.86. The predicted molar refractivity (Wildman–Crippen MR) is 75.0 cm³/mol. The van der Waals surface area contributed by atoms with Crippen LogP contribution >= 0.6 is 24.8 Å². The molecule has 1 aromatic heterocycles. The normalized spacial score (nSPS) is 9.24. The van der Waals surface area contributed by atoms with Crippen LogP contribution in [-0.2, 0) is 13.1 Å². The van der Waals surface area contributed by atoms with E-state index in [0.29, 0.717) is 0 Å². The second-order valence-electron chi connectivity index (χ2n) is 3.49. The fourth-order valence-electron chi connectivity index (χ4n) is 1.59. The van der Waals surface area contributed by atoms with Gasteiger partial charge in [-0.05, 0) is 12.6 Å². The molecule has 0 amide bonds. The van der Waals surface area contributed by atoms with Gasteiger partial charge in [-0.15, -0.1) is 24.8 Å². The second kappa shape index (κ2) is 8.12. The van der Waals surface area contributed by atoms with E-state index < -0.39 is 0 Å². The largest absolute Gasteiger partial charge is 0.329 e. The van der Waals surface area contributed by atoms with Crippen LogP contribution in [0.15, 0.2) is 42.7 Å². The molecule has 2 rings (SSSR count). The third kappa shape index (κ3) is 4.38. The number of benzene rings is 1. The van der Waals surface area contributed by atoms with Crippen molar-refractivity contribution in [2.24, 2.45) is 0 Å². The van der Waals surface area contributed by atoms with E-state index in [4.69, 9.17) is 0 Å². The van der Waals surface area contributed by atoms with E-state index in [9.17, 15) is 0 Å². The molecule has 1 heterocycles. The molecule has 2 aromatic rings. The number of halogens is 2. The van der Waals surface area contributed by atoms with Gasteiger partial charge in [0.25, 0.3) is 0 Å². The molecule has 0 aliphatic rings. The third-order valence-corrected chi connectivity index (χ3v) is 2.33. The highest BCUT2D eigenvalue weighted by atomic mass is 35.5. The molecule has 0 spiro atoms. The molecular formula is C12H17Cl2N3. The Hall–Kier alpha value is -1.03. The van der Waals surface area contributed by atoms with E-state index >= 15 is 0 Å². The molecule has 0 aliphatic heterocycles. The molecule has 0 fully saturated rings. The zero-order valence-electron chi connectivity index (χ0n) is 9.67. The summed E-state index contributed by atoms with van der Waals surface area (Å²) in [6, 6.07) is 10.4. The quantitative estimate of drug-likeness (QED) is 0.928. The Morgan fingerprint density at radius 1 is 1.18 bits per heavy atom. The molecule has 0 aliphatic carbocycles. The maximum Gasteiger partial charge on any atom is 0.122 e. The summed E-state index contributed by atoms with van der Waals surface area (Å²) in [6.45, 7) is 1.69. The molecule has 1 aromatic carbocycles. The van der Waals surface area contributed by atoms with Gasteiger partial charge in [-0.2, -0.15) is 0 Å². The second-order valence-corrected chi connectivity index (χ2v) is 3.49. The Balaban J connectivity index is 0.00000128. The summed E-state index contributed by atoms with van der Waals surface area (Å²) in [7, 11) is 1.93. The lowest BCUT2D eigenvalue weighted by molar-refractivity contribution is 0.673. The molecule has 17 heavy (non-hydrogen) atoms. The van der Waals surface area contributed by atoms with E-state index in [-0.39, 0.29) is 24.8 Å². The summed E-state index contributed by atoms with van der Waals surface area (Å²) in [5, 5.41) is 3.11. The maximum atomic E-state index is 4.30. The Morgan fingerprint density at radius 2 is 1.88 bits per heavy atom. The number of hydrogen-bond acceptors (Lipinski definition) is 2. The van der Waals surface area contributed by atoms with Gasteiger partial charge in [0.15, 0.2) is 0 Å². The number of rotatable bonds is 4. The van der Waals surface area contributed by atoms with Crippen LogP contribution in [0.5, 0.6) is 0 Å². The molecule has 5 heteroatoms. The highest BCUT2D eigenvalue weighted by Gasteiger charge is 2.01. The van der Waals surface area contributed by atoms with Crippen LogP contribution in [0.3, 0.4) is 0 Å². The van der Waals surface area contributed by atoms with Gasteiger partial charge in [-0.25, -0.2) is 4.98 Å². The standard InChI is InChI=1S/C12H15N3.2ClH/c1-13-9-12-14-7-8-15(12)10-11-5-3-2-4-6-11;;/h2-8,13H,9-10H2,1H3;2*1H. The lowest BCUT2D eigenvalue weighted by Gasteiger charge is -2.07. The predicted octanol–water partition coefficient (Wildman–Crippen LogP) is 2.49. The highest BCUT2D eigenvalue weighted by Crippen LogP contribution is 2.04. The summed E-state index contributed by atoms with van der Waals surface area (Å²) in [5.74, 6) is 1.07. The fourth-order valence-corrected chi connectivity index (χ4v) is 1.59. The zero-order chi connectivity index (χ0) is 10.5. The van der Waals surface area contributed by atoms with Gasteiger partial charge in [0.1, 0.15) is 5.82 Å². The molecule has 0 saturated heterocycles. The molecule has 0 saturated carbocycles. The fraction of sp³-hybridized carbons (Fsp3) is 0.250. The first-order valence-corrected chi connectivity index (χ1v) is 5.08. The maximum absolute atomic E-state index is 4.30. The number of nitrogens with zero attached hydrogens (tertiary/aromatic N) is 2. The molecule has 3 nitrogen and oxygen atoms in total. The molecular weight excluding hydrogens is 257 g/mol. The minimum absolute atomic E-state index is 0. The van der Waals surface area contributed by atoms with Crippen molar-refractivity contribution in [2.75, 3.05) is 7.05 Å². The Morgan fingerprint density at radius 3 is 2.53 bits per heavy atom. The first-order chi connectivity index (χ1) is 7.40. The van der Waals surface area contributed by atoms with Crippen molar-refractivity contribution in [3.05, 3.63) is 54.1 Å². The van der Waals surface area contributed by atoms with Gasteiger partial charge in [0, 0.05) is 18.9 Å². The Kier molecular flexibility index (Phi) is 7.63. The van der Waals surface area contributed by atoms with Crippen molar-refractivity contribution in [3.63, 3.8) is 0 Å². The molecule has 0 bridgehead atoms. The number of hydrogen-bond donors (Lipinski definition) is 1. The first-order valence-electron chi connectivity index (χ1n) is 5.08. The minimum atomic E-state index is 0. The van der Waals surface area contributed by atoms with E-state index in [2.05, 4.69) is 39.1 Å². The Labute approximate surface area is 114 Å². The van der Waals surface area contributed by atoms with Gasteiger partial charge in [0.05, 0.1) is 6.54 Å². The third-order valence-electron chi connectivity index (χ3n) is 2.33. The molecule has 0 radical (unpaired) electrons. The topological polar surface area (TPSA) is 29.9 Å². The summed E-state index contributed by atoms with van der Waals surface area (Å²) < 4.78 is 2.16. The van der Waals surface area contributed by atoms with Crippen molar-refractivity contribution in [1.29, 1.82) is 0 Å². The van der Waals surface area contributed by atoms with Crippen LogP contribution in [0.1, 0.15) is 11.4 Å². The van der Waals surface area contributed by atoms with E-state index in [1.165, 1.54) is 5.56 Å². The van der Waals surface area contributed by atoms with Crippen LogP contribution in [0.25, 0.3) is 0 Å². The average Bonchev–Trinajstić information content (AvgIpc) is 2.68. The molecule has 1 N–H and O–H groups in total. The summed E-state index contributed by atoms with van der Waals surface area (Å²) >= 11 is 0. The van der Waals surface area contributed by atoms with Crippen LogP contribution < -0.4 is 5.32 Å². The van der Waals surface area contributed by atoms with Gasteiger partial charge in [-0.1, -0.05) is 30.3 Å². The van der Waals surface area contributed by atoms with E-state index in [1.807, 2.05) is 25.5 Å². The van der Waals surface area contributed by atoms with Crippen molar-refractivity contribution in [1.82, 2.24) is 14.9 Å². The first kappa shape index (κ1) is 16.0. The monoisotopic (exact) mass is 273 g/mol. The SMILES string of the molecule is CNCc1nccn1Cc1ccccc1.Cl.Cl. The van der Waals surface area contributed by atoms with Gasteiger partial charge < -0.3 is 9.88 Å². The minimum Gasteiger partial charge on any atom is -0.329 e. The average molecular weight is 274 g/mol. The van der Waals surface area contributed by atoms with Crippen LogP contribution in [-0.4, -0.2) is 16.6 Å². The van der Waals surface area contributed by atoms with Crippen molar-refractivity contribution in [3.8, 4) is 0 Å². The lowest BCUT2D eigenvalue weighted by Crippen LogP contribution is -2.12. The van der Waals surface area contributed by atoms with E-state index in [1.54, 1.807) is 0 Å². The Bertz CT molecular complexity index is 415. The van der Waals surface area contributed by atoms with Crippen molar-refractivity contribution >= 4 is 24.8 Å². The number of aromatic nitrogens is 2. The number of imidazole rings is 1. The number of nitrogens with one attached hydrogen (secondary N) is 1. The molecule has 0 unspecified atom stereocenters. The van der Waals surface area contributed by atoms with Crippen molar-refractivity contribution in [2.45, 2.75) is 13.1 Å². The van der Waals surface area contributed by atoms with Gasteiger partial charge >= 0.3 is 0 Å². The van der Waals surface area contributed by atoms with Crippen LogP contribution in [0, 0.1) is 0 Å². The summed E-state index contributed by atoms with van der Waals surface area (Å²) in [4.78, 5) is 4.30. The van der Waals surface area contributed by atoms with E-state index in [0.717, 1.165) is 18.9 Å². The zero-order valence-corrected chi connectivity index (χ0v) is 11.3. The van der Waals surface area contributed by atoms with Gasteiger partial charge in [-0.3, -0.25) is 0 Å². The lowest BCUT2D eigenvalue weighted by atomic mass is 10.2. The molecule has 0 atom stereocenters. The van der Waals surface area contributed by atoms with Gasteiger partial charge in [0.2, 0.25) is 0 Å².